The molecule has 1 fully saturated rings. The molecule has 0 radical (unpaired) electrons. The van der Waals surface area contributed by atoms with Crippen LogP contribution in [-0.4, -0.2) is 27.0 Å². The minimum Gasteiger partial charge on any atom is -0.492 e. The molecule has 162 valence electrons. The molecule has 30 heavy (non-hydrogen) atoms. The average molecular weight is 435 g/mol. The maximum atomic E-state index is 14.4. The Bertz CT molecular complexity index is 1010. The summed E-state index contributed by atoms with van der Waals surface area (Å²) in [6.45, 7) is 4.23. The Labute approximate surface area is 176 Å². The molecule has 0 heterocycles. The van der Waals surface area contributed by atoms with Crippen molar-refractivity contribution in [2.75, 3.05) is 11.9 Å². The molecule has 2 aromatic carbocycles. The molecule has 8 heteroatoms. The Morgan fingerprint density at radius 1 is 1.17 bits per heavy atom. The van der Waals surface area contributed by atoms with Crippen LogP contribution in [0, 0.1) is 11.7 Å². The lowest BCUT2D eigenvalue weighted by Crippen LogP contribution is -2.41. The van der Waals surface area contributed by atoms with Crippen molar-refractivity contribution in [2.45, 2.75) is 50.5 Å². The van der Waals surface area contributed by atoms with Gasteiger partial charge in [0.25, 0.3) is 5.91 Å². The van der Waals surface area contributed by atoms with E-state index in [0.29, 0.717) is 18.0 Å². The van der Waals surface area contributed by atoms with Gasteiger partial charge in [-0.3, -0.25) is 4.79 Å². The molecule has 1 aliphatic carbocycles. The summed E-state index contributed by atoms with van der Waals surface area (Å²) in [5.41, 5.74) is 0.0343. The summed E-state index contributed by atoms with van der Waals surface area (Å²) < 4.78 is 48.2. The van der Waals surface area contributed by atoms with Gasteiger partial charge in [0.2, 0.25) is 10.0 Å². The third-order valence-corrected chi connectivity index (χ3v) is 6.83. The molecule has 1 amide bonds. The number of halogens is 1. The summed E-state index contributed by atoms with van der Waals surface area (Å²) in [5, 5.41) is 2.60. The first-order valence-electron chi connectivity index (χ1n) is 10.2. The standard InChI is InChI=1S/C22H27FN2O4S/c1-3-29-21-11-7-6-10-20(21)24-22(26)17-14-16(12-13-18(17)23)30(27,28)25-19-9-5-4-8-15(19)2/h6-7,10-15,19,25H,3-5,8-9H2,1-2H3,(H,24,26)/t15-,19+/m0/s1. The number of hydrogen-bond donors (Lipinski definition) is 2. The fourth-order valence-corrected chi connectivity index (χ4v) is 5.05. The van der Waals surface area contributed by atoms with Gasteiger partial charge in [0.1, 0.15) is 11.6 Å². The molecular weight excluding hydrogens is 407 g/mol. The van der Waals surface area contributed by atoms with Crippen molar-refractivity contribution < 1.29 is 22.3 Å². The topological polar surface area (TPSA) is 84.5 Å². The highest BCUT2D eigenvalue weighted by atomic mass is 32.2. The molecule has 0 spiro atoms. The van der Waals surface area contributed by atoms with Crippen LogP contribution < -0.4 is 14.8 Å². The Kier molecular flexibility index (Phi) is 7.10. The summed E-state index contributed by atoms with van der Waals surface area (Å²) in [6.07, 6.45) is 3.78. The van der Waals surface area contributed by atoms with Gasteiger partial charge in [-0.05, 0) is 56.0 Å². The van der Waals surface area contributed by atoms with E-state index in [0.717, 1.165) is 37.8 Å². The third-order valence-electron chi connectivity index (χ3n) is 5.35. The summed E-state index contributed by atoms with van der Waals surface area (Å²) in [4.78, 5) is 12.6. The molecule has 0 saturated heterocycles. The number of sulfonamides is 1. The smallest absolute Gasteiger partial charge is 0.258 e. The number of carbonyl (C=O) groups excluding carboxylic acids is 1. The van der Waals surface area contributed by atoms with Gasteiger partial charge in [0.15, 0.2) is 0 Å². The number of amides is 1. The number of carbonyl (C=O) groups is 1. The number of anilines is 1. The van der Waals surface area contributed by atoms with Crippen LogP contribution in [0.5, 0.6) is 5.75 Å². The SMILES string of the molecule is CCOc1ccccc1NC(=O)c1cc(S(=O)(=O)N[C@@H]2CCCC[C@@H]2C)ccc1F. The summed E-state index contributed by atoms with van der Waals surface area (Å²) >= 11 is 0. The average Bonchev–Trinajstić information content (AvgIpc) is 2.71. The molecule has 1 saturated carbocycles. The van der Waals surface area contributed by atoms with Crippen molar-refractivity contribution in [1.29, 1.82) is 0 Å². The van der Waals surface area contributed by atoms with Crippen molar-refractivity contribution in [3.05, 3.63) is 53.8 Å². The van der Waals surface area contributed by atoms with Crippen molar-refractivity contribution in [2.24, 2.45) is 5.92 Å². The van der Waals surface area contributed by atoms with E-state index in [1.807, 2.05) is 13.8 Å². The molecule has 2 aromatic rings. The lowest BCUT2D eigenvalue weighted by molar-refractivity contribution is 0.102. The molecule has 0 aliphatic heterocycles. The van der Waals surface area contributed by atoms with Gasteiger partial charge in [-0.15, -0.1) is 0 Å². The van der Waals surface area contributed by atoms with Gasteiger partial charge in [0, 0.05) is 6.04 Å². The minimum atomic E-state index is -3.88. The quantitative estimate of drug-likeness (QED) is 0.679. The van der Waals surface area contributed by atoms with Gasteiger partial charge in [0.05, 0.1) is 22.8 Å². The molecule has 0 aromatic heterocycles. The number of para-hydroxylation sites is 2. The maximum Gasteiger partial charge on any atom is 0.258 e. The molecule has 0 bridgehead atoms. The van der Waals surface area contributed by atoms with E-state index in [9.17, 15) is 17.6 Å². The molecule has 6 nitrogen and oxygen atoms in total. The Balaban J connectivity index is 1.83. The molecule has 0 unspecified atom stereocenters. The predicted molar refractivity (Wildman–Crippen MR) is 114 cm³/mol. The molecular formula is C22H27FN2O4S. The monoisotopic (exact) mass is 434 g/mol. The zero-order valence-electron chi connectivity index (χ0n) is 17.2. The van der Waals surface area contributed by atoms with Crippen LogP contribution in [0.3, 0.4) is 0 Å². The van der Waals surface area contributed by atoms with E-state index in [1.165, 1.54) is 6.07 Å². The van der Waals surface area contributed by atoms with E-state index in [2.05, 4.69) is 10.0 Å². The van der Waals surface area contributed by atoms with E-state index < -0.39 is 21.7 Å². The molecule has 1 aliphatic rings. The largest absolute Gasteiger partial charge is 0.492 e. The lowest BCUT2D eigenvalue weighted by Gasteiger charge is -2.29. The highest BCUT2D eigenvalue weighted by Crippen LogP contribution is 2.27. The van der Waals surface area contributed by atoms with Gasteiger partial charge >= 0.3 is 0 Å². The summed E-state index contributed by atoms with van der Waals surface area (Å²) in [6, 6.07) is 9.88. The van der Waals surface area contributed by atoms with Crippen LogP contribution in [0.4, 0.5) is 10.1 Å². The molecule has 2 N–H and O–H groups in total. The first kappa shape index (κ1) is 22.2. The van der Waals surface area contributed by atoms with Crippen molar-refractivity contribution in [3.63, 3.8) is 0 Å². The number of hydrogen-bond acceptors (Lipinski definition) is 4. The number of benzene rings is 2. The highest BCUT2D eigenvalue weighted by molar-refractivity contribution is 7.89. The van der Waals surface area contributed by atoms with Crippen LogP contribution in [-0.2, 0) is 10.0 Å². The first-order valence-corrected chi connectivity index (χ1v) is 11.6. The highest BCUT2D eigenvalue weighted by Gasteiger charge is 2.28. The normalized spacial score (nSPS) is 19.3. The number of rotatable bonds is 7. The van der Waals surface area contributed by atoms with Crippen molar-refractivity contribution in [1.82, 2.24) is 4.72 Å². The van der Waals surface area contributed by atoms with Gasteiger partial charge < -0.3 is 10.1 Å². The Hall–Kier alpha value is -2.45. The van der Waals surface area contributed by atoms with Crippen LogP contribution in [0.2, 0.25) is 0 Å². The van der Waals surface area contributed by atoms with Crippen LogP contribution >= 0.6 is 0 Å². The van der Waals surface area contributed by atoms with E-state index in [-0.39, 0.29) is 22.4 Å². The zero-order chi connectivity index (χ0) is 21.7. The van der Waals surface area contributed by atoms with Gasteiger partial charge in [-0.1, -0.05) is 31.9 Å². The molecule has 3 rings (SSSR count). The zero-order valence-corrected chi connectivity index (χ0v) is 18.0. The van der Waals surface area contributed by atoms with Crippen LogP contribution in [0.25, 0.3) is 0 Å². The van der Waals surface area contributed by atoms with Gasteiger partial charge in [-0.2, -0.15) is 0 Å². The number of nitrogens with one attached hydrogen (secondary N) is 2. The van der Waals surface area contributed by atoms with Gasteiger partial charge in [-0.25, -0.2) is 17.5 Å². The second-order valence-electron chi connectivity index (χ2n) is 7.51. The van der Waals surface area contributed by atoms with E-state index in [1.54, 1.807) is 24.3 Å². The summed E-state index contributed by atoms with van der Waals surface area (Å²) in [5.74, 6) is -0.869. The second kappa shape index (κ2) is 9.57. The fourth-order valence-electron chi connectivity index (χ4n) is 3.65. The summed E-state index contributed by atoms with van der Waals surface area (Å²) in [7, 11) is -3.88. The van der Waals surface area contributed by atoms with Crippen molar-refractivity contribution >= 4 is 21.6 Å². The fraction of sp³-hybridized carbons (Fsp3) is 0.409. The minimum absolute atomic E-state index is 0.134. The molecule has 2 atom stereocenters. The maximum absolute atomic E-state index is 14.4. The lowest BCUT2D eigenvalue weighted by atomic mass is 9.87. The first-order chi connectivity index (χ1) is 14.3. The van der Waals surface area contributed by atoms with Crippen molar-refractivity contribution in [3.8, 4) is 5.75 Å². The second-order valence-corrected chi connectivity index (χ2v) is 9.23. The predicted octanol–water partition coefficient (Wildman–Crippen LogP) is 4.33. The Morgan fingerprint density at radius 2 is 1.90 bits per heavy atom. The number of ether oxygens (including phenoxy) is 1. The third kappa shape index (κ3) is 5.17. The van der Waals surface area contributed by atoms with E-state index >= 15 is 0 Å². The van der Waals surface area contributed by atoms with Crippen LogP contribution in [0.15, 0.2) is 47.4 Å². The van der Waals surface area contributed by atoms with E-state index in [4.69, 9.17) is 4.74 Å². The van der Waals surface area contributed by atoms with Crippen LogP contribution in [0.1, 0.15) is 49.9 Å². The Morgan fingerprint density at radius 3 is 2.63 bits per heavy atom.